The summed E-state index contributed by atoms with van der Waals surface area (Å²) >= 11 is 0. The molecule has 0 aromatic carbocycles. The highest BCUT2D eigenvalue weighted by Crippen LogP contribution is 2.28. The number of allylic oxidation sites excluding steroid dienone is 4. The topological polar surface area (TPSA) is 0 Å². The van der Waals surface area contributed by atoms with Gasteiger partial charge in [-0.15, -0.1) is 6.58 Å². The van der Waals surface area contributed by atoms with E-state index in [9.17, 15) is 0 Å². The fourth-order valence-corrected chi connectivity index (χ4v) is 1.22. The molecule has 2 atom stereocenters. The Bertz CT molecular complexity index is 174. The third-order valence-corrected chi connectivity index (χ3v) is 2.00. The van der Waals surface area contributed by atoms with Crippen molar-refractivity contribution in [3.05, 3.63) is 37.0 Å². The van der Waals surface area contributed by atoms with Crippen molar-refractivity contribution in [3.63, 3.8) is 0 Å². The molecule has 2 unspecified atom stereocenters. The molecule has 1 aliphatic carbocycles. The quantitative estimate of drug-likeness (QED) is 0.508. The fraction of sp³-hybridized carbons (Fsp3) is 0.400. The number of rotatable bonds is 2. The van der Waals surface area contributed by atoms with Crippen molar-refractivity contribution in [2.24, 2.45) is 11.8 Å². The Hall–Kier alpha value is -0.780. The first-order chi connectivity index (χ1) is 4.75. The summed E-state index contributed by atoms with van der Waals surface area (Å²) in [6.45, 7) is 9.86. The van der Waals surface area contributed by atoms with E-state index in [0.717, 1.165) is 6.42 Å². The van der Waals surface area contributed by atoms with Gasteiger partial charge in [-0.1, -0.05) is 31.2 Å². The highest BCUT2D eigenvalue weighted by molar-refractivity contribution is 5.18. The second-order valence-corrected chi connectivity index (χ2v) is 2.81. The molecule has 0 nitrogen and oxygen atoms in total. The van der Waals surface area contributed by atoms with Crippen molar-refractivity contribution in [1.82, 2.24) is 0 Å². The van der Waals surface area contributed by atoms with Crippen molar-refractivity contribution >= 4 is 0 Å². The van der Waals surface area contributed by atoms with E-state index in [1.807, 2.05) is 6.08 Å². The molecule has 0 aromatic heterocycles. The fourth-order valence-electron chi connectivity index (χ4n) is 1.22. The Morgan fingerprint density at radius 3 is 3.00 bits per heavy atom. The average Bonchev–Trinajstić information content (AvgIpc) is 2.34. The Balaban J connectivity index is 2.63. The van der Waals surface area contributed by atoms with Crippen LogP contribution >= 0.6 is 0 Å². The lowest BCUT2D eigenvalue weighted by molar-refractivity contribution is 0.581. The first-order valence-corrected chi connectivity index (χ1v) is 3.63. The van der Waals surface area contributed by atoms with Crippen molar-refractivity contribution in [1.29, 1.82) is 0 Å². The summed E-state index contributed by atoms with van der Waals surface area (Å²) in [6, 6.07) is 0. The van der Waals surface area contributed by atoms with Gasteiger partial charge < -0.3 is 0 Å². The van der Waals surface area contributed by atoms with Crippen LogP contribution in [0.5, 0.6) is 0 Å². The van der Waals surface area contributed by atoms with Gasteiger partial charge in [0.05, 0.1) is 0 Å². The molecule has 10 heavy (non-hydrogen) atoms. The van der Waals surface area contributed by atoms with Crippen molar-refractivity contribution < 1.29 is 0 Å². The molecule has 0 fully saturated rings. The molecule has 1 rings (SSSR count). The van der Waals surface area contributed by atoms with Crippen molar-refractivity contribution in [2.75, 3.05) is 0 Å². The summed E-state index contributed by atoms with van der Waals surface area (Å²) in [6.07, 6.45) is 8.29. The second-order valence-electron chi connectivity index (χ2n) is 2.81. The van der Waals surface area contributed by atoms with Crippen LogP contribution < -0.4 is 0 Å². The van der Waals surface area contributed by atoms with Gasteiger partial charge in [-0.05, 0) is 18.4 Å². The Morgan fingerprint density at radius 1 is 1.90 bits per heavy atom. The van der Waals surface area contributed by atoms with Gasteiger partial charge in [-0.2, -0.15) is 0 Å². The minimum absolute atomic E-state index is 0.428. The van der Waals surface area contributed by atoms with Gasteiger partial charge in [0.15, 0.2) is 0 Å². The van der Waals surface area contributed by atoms with Gasteiger partial charge in [0.1, 0.15) is 0 Å². The van der Waals surface area contributed by atoms with Gasteiger partial charge in [-0.3, -0.25) is 0 Å². The SMILES string of the molecule is C=CC(C)C1[C]=CCC1=C. The van der Waals surface area contributed by atoms with Crippen LogP contribution in [-0.4, -0.2) is 0 Å². The monoisotopic (exact) mass is 133 g/mol. The largest absolute Gasteiger partial charge is 0.103 e. The summed E-state index contributed by atoms with van der Waals surface area (Å²) in [5.41, 5.74) is 1.27. The van der Waals surface area contributed by atoms with Crippen LogP contribution in [0.1, 0.15) is 13.3 Å². The van der Waals surface area contributed by atoms with Crippen molar-refractivity contribution in [2.45, 2.75) is 13.3 Å². The maximum atomic E-state index is 3.96. The molecule has 0 aliphatic heterocycles. The molecule has 53 valence electrons. The molecule has 0 heteroatoms. The molecule has 0 aromatic rings. The zero-order chi connectivity index (χ0) is 7.56. The molecule has 0 spiro atoms. The first-order valence-electron chi connectivity index (χ1n) is 3.63. The molecule has 0 bridgehead atoms. The van der Waals surface area contributed by atoms with Gasteiger partial charge in [0.2, 0.25) is 0 Å². The standard InChI is InChI=1S/C10H13/c1-4-8(2)10-7-5-6-9(10)3/h4-5,8,10H,1,3,6H2,2H3. The summed E-state index contributed by atoms with van der Waals surface area (Å²) < 4.78 is 0. The van der Waals surface area contributed by atoms with Crippen molar-refractivity contribution in [3.8, 4) is 0 Å². The predicted octanol–water partition coefficient (Wildman–Crippen LogP) is 2.74. The molecular weight excluding hydrogens is 120 g/mol. The van der Waals surface area contributed by atoms with Crippen LogP contribution in [0.25, 0.3) is 0 Å². The van der Waals surface area contributed by atoms with Gasteiger partial charge in [0.25, 0.3) is 0 Å². The molecule has 0 saturated carbocycles. The molecule has 0 heterocycles. The second kappa shape index (κ2) is 2.87. The average molecular weight is 133 g/mol. The minimum atomic E-state index is 0.428. The van der Waals surface area contributed by atoms with E-state index < -0.39 is 0 Å². The predicted molar refractivity (Wildman–Crippen MR) is 44.4 cm³/mol. The zero-order valence-corrected chi connectivity index (χ0v) is 6.43. The lowest BCUT2D eigenvalue weighted by Gasteiger charge is -2.13. The normalized spacial score (nSPS) is 26.9. The zero-order valence-electron chi connectivity index (χ0n) is 6.43. The summed E-state index contributed by atoms with van der Waals surface area (Å²) in [5.74, 6) is 0.920. The maximum absolute atomic E-state index is 3.96. The molecule has 0 amide bonds. The Morgan fingerprint density at radius 2 is 2.60 bits per heavy atom. The summed E-state index contributed by atoms with van der Waals surface area (Å²) in [4.78, 5) is 0. The minimum Gasteiger partial charge on any atom is -0.103 e. The van der Waals surface area contributed by atoms with Crippen LogP contribution in [0, 0.1) is 17.9 Å². The van der Waals surface area contributed by atoms with E-state index in [0.29, 0.717) is 11.8 Å². The Labute approximate surface area is 62.9 Å². The van der Waals surface area contributed by atoms with E-state index in [2.05, 4.69) is 32.2 Å². The molecule has 1 radical (unpaired) electrons. The van der Waals surface area contributed by atoms with E-state index in [1.54, 1.807) is 0 Å². The smallest absolute Gasteiger partial charge is 0.0108 e. The van der Waals surface area contributed by atoms with Gasteiger partial charge in [0, 0.05) is 5.92 Å². The van der Waals surface area contributed by atoms with Crippen LogP contribution in [0.2, 0.25) is 0 Å². The molecule has 0 saturated heterocycles. The van der Waals surface area contributed by atoms with Crippen LogP contribution in [0.15, 0.2) is 30.9 Å². The summed E-state index contributed by atoms with van der Waals surface area (Å²) in [7, 11) is 0. The number of hydrogen-bond acceptors (Lipinski definition) is 0. The molecular formula is C10H13. The van der Waals surface area contributed by atoms with Crippen LogP contribution in [-0.2, 0) is 0 Å². The third kappa shape index (κ3) is 1.21. The van der Waals surface area contributed by atoms with Gasteiger partial charge in [-0.25, -0.2) is 0 Å². The van der Waals surface area contributed by atoms with E-state index in [4.69, 9.17) is 0 Å². The lowest BCUT2D eigenvalue weighted by atomic mass is 9.91. The highest BCUT2D eigenvalue weighted by Gasteiger charge is 2.18. The lowest BCUT2D eigenvalue weighted by Crippen LogP contribution is -2.05. The maximum Gasteiger partial charge on any atom is 0.0108 e. The van der Waals surface area contributed by atoms with E-state index >= 15 is 0 Å². The van der Waals surface area contributed by atoms with Crippen LogP contribution in [0.4, 0.5) is 0 Å². The Kier molecular flexibility index (Phi) is 2.10. The van der Waals surface area contributed by atoms with Gasteiger partial charge >= 0.3 is 0 Å². The highest BCUT2D eigenvalue weighted by atomic mass is 14.2. The van der Waals surface area contributed by atoms with E-state index in [1.165, 1.54) is 5.57 Å². The summed E-state index contributed by atoms with van der Waals surface area (Å²) in [5, 5.41) is 0. The molecule has 1 aliphatic rings. The van der Waals surface area contributed by atoms with Crippen LogP contribution in [0.3, 0.4) is 0 Å². The molecule has 0 N–H and O–H groups in total. The van der Waals surface area contributed by atoms with E-state index in [-0.39, 0.29) is 0 Å². The number of hydrogen-bond donors (Lipinski definition) is 0. The first kappa shape index (κ1) is 7.33. The third-order valence-electron chi connectivity index (χ3n) is 2.00.